The lowest BCUT2D eigenvalue weighted by Crippen LogP contribution is -2.51. The van der Waals surface area contributed by atoms with Gasteiger partial charge < -0.3 is 10.0 Å². The van der Waals surface area contributed by atoms with Crippen molar-refractivity contribution in [2.75, 3.05) is 27.2 Å². The molecule has 2 unspecified atom stereocenters. The van der Waals surface area contributed by atoms with E-state index in [9.17, 15) is 19.1 Å². The van der Waals surface area contributed by atoms with Crippen molar-refractivity contribution in [3.8, 4) is 0 Å². The summed E-state index contributed by atoms with van der Waals surface area (Å²) in [5.41, 5.74) is 0.903. The number of aliphatic carboxylic acids is 1. The van der Waals surface area contributed by atoms with E-state index in [-0.39, 0.29) is 17.6 Å². The average molecular weight is 336 g/mol. The molecule has 1 aliphatic rings. The molecule has 2 atom stereocenters. The Morgan fingerprint density at radius 3 is 2.71 bits per heavy atom. The van der Waals surface area contributed by atoms with E-state index in [1.165, 1.54) is 12.1 Å². The van der Waals surface area contributed by atoms with E-state index in [0.717, 1.165) is 12.0 Å². The lowest BCUT2D eigenvalue weighted by atomic mass is 9.91. The number of hydrogen-bond acceptors (Lipinski definition) is 3. The summed E-state index contributed by atoms with van der Waals surface area (Å²) >= 11 is 0. The van der Waals surface area contributed by atoms with E-state index in [0.29, 0.717) is 32.4 Å². The predicted molar refractivity (Wildman–Crippen MR) is 89.1 cm³/mol. The Balaban J connectivity index is 1.95. The standard InChI is InChI=1S/C18H25FN2O3/c1-20(2)17(22)14-8-9-16(18(23)24)21(12-14)10-4-6-13-5-3-7-15(19)11-13/h3,5,7,11,14,16H,4,6,8-10,12H2,1-2H3,(H,23,24). The minimum atomic E-state index is -0.837. The second-order valence-electron chi connectivity index (χ2n) is 6.59. The van der Waals surface area contributed by atoms with Gasteiger partial charge in [0.15, 0.2) is 0 Å². The molecule has 5 nitrogen and oxygen atoms in total. The van der Waals surface area contributed by atoms with Gasteiger partial charge in [-0.05, 0) is 49.9 Å². The van der Waals surface area contributed by atoms with Gasteiger partial charge in [-0.15, -0.1) is 0 Å². The topological polar surface area (TPSA) is 60.9 Å². The van der Waals surface area contributed by atoms with Crippen LogP contribution in [0.5, 0.6) is 0 Å². The first-order chi connectivity index (χ1) is 11.4. The van der Waals surface area contributed by atoms with Crippen LogP contribution in [-0.2, 0) is 16.0 Å². The van der Waals surface area contributed by atoms with Gasteiger partial charge in [-0.3, -0.25) is 14.5 Å². The number of amides is 1. The number of halogens is 1. The third kappa shape index (κ3) is 4.77. The minimum Gasteiger partial charge on any atom is -0.480 e. The second kappa shape index (κ2) is 8.24. The molecule has 1 aromatic rings. The highest BCUT2D eigenvalue weighted by atomic mass is 19.1. The molecule has 24 heavy (non-hydrogen) atoms. The molecular formula is C18H25FN2O3. The fraction of sp³-hybridized carbons (Fsp3) is 0.556. The summed E-state index contributed by atoms with van der Waals surface area (Å²) in [7, 11) is 3.44. The second-order valence-corrected chi connectivity index (χ2v) is 6.59. The highest BCUT2D eigenvalue weighted by Gasteiger charge is 2.35. The van der Waals surface area contributed by atoms with E-state index in [1.54, 1.807) is 25.1 Å². The van der Waals surface area contributed by atoms with Gasteiger partial charge in [-0.25, -0.2) is 4.39 Å². The van der Waals surface area contributed by atoms with Crippen LogP contribution in [0.1, 0.15) is 24.8 Å². The SMILES string of the molecule is CN(C)C(=O)C1CCC(C(=O)O)N(CCCc2cccc(F)c2)C1. The van der Waals surface area contributed by atoms with Crippen molar-refractivity contribution in [1.82, 2.24) is 9.80 Å². The lowest BCUT2D eigenvalue weighted by Gasteiger charge is -2.37. The van der Waals surface area contributed by atoms with Gasteiger partial charge in [-0.2, -0.15) is 0 Å². The molecule has 1 fully saturated rings. The summed E-state index contributed by atoms with van der Waals surface area (Å²) in [4.78, 5) is 27.1. The van der Waals surface area contributed by atoms with Crippen LogP contribution in [0.3, 0.4) is 0 Å². The van der Waals surface area contributed by atoms with Crippen LogP contribution in [-0.4, -0.2) is 60.0 Å². The van der Waals surface area contributed by atoms with Crippen molar-refractivity contribution in [2.24, 2.45) is 5.92 Å². The first-order valence-electron chi connectivity index (χ1n) is 8.31. The molecule has 0 saturated carbocycles. The van der Waals surface area contributed by atoms with E-state index in [1.807, 2.05) is 11.0 Å². The zero-order chi connectivity index (χ0) is 17.7. The van der Waals surface area contributed by atoms with E-state index >= 15 is 0 Å². The third-order valence-electron chi connectivity index (χ3n) is 4.56. The lowest BCUT2D eigenvalue weighted by molar-refractivity contribution is -0.148. The van der Waals surface area contributed by atoms with Crippen LogP contribution < -0.4 is 0 Å². The quantitative estimate of drug-likeness (QED) is 0.863. The number of carboxylic acid groups (broad SMARTS) is 1. The fourth-order valence-corrected chi connectivity index (χ4v) is 3.32. The smallest absolute Gasteiger partial charge is 0.320 e. The van der Waals surface area contributed by atoms with Crippen molar-refractivity contribution < 1.29 is 19.1 Å². The minimum absolute atomic E-state index is 0.0500. The van der Waals surface area contributed by atoms with Crippen LogP contribution in [0.15, 0.2) is 24.3 Å². The van der Waals surface area contributed by atoms with Crippen molar-refractivity contribution in [2.45, 2.75) is 31.7 Å². The third-order valence-corrected chi connectivity index (χ3v) is 4.56. The molecule has 1 amide bonds. The monoisotopic (exact) mass is 336 g/mol. The first-order valence-corrected chi connectivity index (χ1v) is 8.31. The Kier molecular flexibility index (Phi) is 6.31. The maximum atomic E-state index is 13.2. The average Bonchev–Trinajstić information content (AvgIpc) is 2.53. The first kappa shape index (κ1) is 18.4. The summed E-state index contributed by atoms with van der Waals surface area (Å²) in [6.45, 7) is 1.06. The van der Waals surface area contributed by atoms with Gasteiger partial charge in [0.2, 0.25) is 5.91 Å². The summed E-state index contributed by atoms with van der Waals surface area (Å²) in [6, 6.07) is 5.92. The van der Waals surface area contributed by atoms with Crippen LogP contribution in [0.4, 0.5) is 4.39 Å². The Morgan fingerprint density at radius 2 is 2.08 bits per heavy atom. The molecule has 1 aromatic carbocycles. The molecule has 0 spiro atoms. The highest BCUT2D eigenvalue weighted by molar-refractivity contribution is 5.79. The largest absolute Gasteiger partial charge is 0.480 e. The van der Waals surface area contributed by atoms with Crippen molar-refractivity contribution in [1.29, 1.82) is 0 Å². The van der Waals surface area contributed by atoms with Gasteiger partial charge in [0.1, 0.15) is 11.9 Å². The van der Waals surface area contributed by atoms with E-state index in [2.05, 4.69) is 0 Å². The normalized spacial score (nSPS) is 21.5. The van der Waals surface area contributed by atoms with Crippen molar-refractivity contribution in [3.63, 3.8) is 0 Å². The Hall–Kier alpha value is -1.95. The number of hydrogen-bond donors (Lipinski definition) is 1. The number of aryl methyl sites for hydroxylation is 1. The van der Waals surface area contributed by atoms with Gasteiger partial charge in [-0.1, -0.05) is 12.1 Å². The molecular weight excluding hydrogens is 311 g/mol. The van der Waals surface area contributed by atoms with Crippen molar-refractivity contribution in [3.05, 3.63) is 35.6 Å². The number of carboxylic acids is 1. The summed E-state index contributed by atoms with van der Waals surface area (Å²) in [6.07, 6.45) is 2.51. The Morgan fingerprint density at radius 1 is 1.33 bits per heavy atom. The molecule has 0 bridgehead atoms. The Bertz CT molecular complexity index is 591. The molecule has 1 saturated heterocycles. The zero-order valence-electron chi connectivity index (χ0n) is 14.2. The summed E-state index contributed by atoms with van der Waals surface area (Å²) in [5, 5.41) is 9.41. The molecule has 2 rings (SSSR count). The molecule has 0 aliphatic carbocycles. The van der Waals surface area contributed by atoms with Gasteiger partial charge in [0, 0.05) is 20.6 Å². The summed E-state index contributed by atoms with van der Waals surface area (Å²) < 4.78 is 13.2. The molecule has 1 heterocycles. The molecule has 1 N–H and O–H groups in total. The number of piperidine rings is 1. The number of carbonyl (C=O) groups excluding carboxylic acids is 1. The van der Waals surface area contributed by atoms with E-state index in [4.69, 9.17) is 0 Å². The summed E-state index contributed by atoms with van der Waals surface area (Å²) in [5.74, 6) is -1.19. The maximum absolute atomic E-state index is 13.2. The zero-order valence-corrected chi connectivity index (χ0v) is 14.2. The molecule has 6 heteroatoms. The molecule has 1 aliphatic heterocycles. The van der Waals surface area contributed by atoms with Crippen molar-refractivity contribution >= 4 is 11.9 Å². The predicted octanol–water partition coefficient (Wildman–Crippen LogP) is 2.01. The van der Waals surface area contributed by atoms with Gasteiger partial charge in [0.05, 0.1) is 5.92 Å². The molecule has 0 radical (unpaired) electrons. The number of benzene rings is 1. The van der Waals surface area contributed by atoms with Crippen LogP contribution in [0.25, 0.3) is 0 Å². The Labute approximate surface area is 142 Å². The van der Waals surface area contributed by atoms with Crippen LogP contribution in [0.2, 0.25) is 0 Å². The van der Waals surface area contributed by atoms with Gasteiger partial charge in [0.25, 0.3) is 0 Å². The molecule has 132 valence electrons. The number of carbonyl (C=O) groups is 2. The highest BCUT2D eigenvalue weighted by Crippen LogP contribution is 2.24. The molecule has 0 aromatic heterocycles. The number of rotatable bonds is 6. The van der Waals surface area contributed by atoms with Crippen LogP contribution >= 0.6 is 0 Å². The van der Waals surface area contributed by atoms with Gasteiger partial charge >= 0.3 is 5.97 Å². The number of nitrogens with zero attached hydrogens (tertiary/aromatic N) is 2. The number of likely N-dealkylation sites (tertiary alicyclic amines) is 1. The fourth-order valence-electron chi connectivity index (χ4n) is 3.32. The maximum Gasteiger partial charge on any atom is 0.320 e. The van der Waals surface area contributed by atoms with Crippen LogP contribution in [0, 0.1) is 11.7 Å². The van der Waals surface area contributed by atoms with E-state index < -0.39 is 12.0 Å².